The fourth-order valence-corrected chi connectivity index (χ4v) is 2.85. The molecule has 0 atom stereocenters. The number of hydrogen-bond donors (Lipinski definition) is 1. The molecule has 0 aliphatic rings. The minimum atomic E-state index is -1.09. The van der Waals surface area contributed by atoms with E-state index in [9.17, 15) is 9.59 Å². The van der Waals surface area contributed by atoms with Crippen molar-refractivity contribution in [2.45, 2.75) is 6.92 Å². The van der Waals surface area contributed by atoms with Gasteiger partial charge in [0.15, 0.2) is 5.78 Å². The van der Waals surface area contributed by atoms with E-state index in [1.807, 2.05) is 30.3 Å². The molecule has 0 aromatic heterocycles. The van der Waals surface area contributed by atoms with Gasteiger partial charge in [0.05, 0.1) is 0 Å². The first-order valence-corrected chi connectivity index (χ1v) is 6.08. The second-order valence-electron chi connectivity index (χ2n) is 2.57. The molecule has 0 heterocycles. The monoisotopic (exact) mass is 304 g/mol. The Balaban J connectivity index is 3.06. The number of carbonyl (C=O) groups is 2. The minimum absolute atomic E-state index is 0.0370. The Bertz CT molecular complexity index is 366. The molecule has 0 radical (unpaired) electrons. The Kier molecular flexibility index (Phi) is 3.94. The second-order valence-corrected chi connectivity index (χ2v) is 5.43. The van der Waals surface area contributed by atoms with Crippen LogP contribution in [0.15, 0.2) is 30.3 Å². The molecule has 0 amide bonds. The maximum atomic E-state index is 11.0. The number of aliphatic carboxylic acids is 1. The summed E-state index contributed by atoms with van der Waals surface area (Å²) >= 11 is -0.852. The maximum absolute atomic E-state index is 11.0. The topological polar surface area (TPSA) is 54.4 Å². The van der Waals surface area contributed by atoms with Crippen molar-refractivity contribution in [3.63, 3.8) is 0 Å². The van der Waals surface area contributed by atoms with Gasteiger partial charge in [-0.15, -0.1) is 0 Å². The SMILES string of the molecule is CC(=O)/C(=I/c1ccccc1)C(=O)O. The number of ketones is 1. The molecular weight excluding hydrogens is 295 g/mol. The molecule has 0 spiro atoms. The van der Waals surface area contributed by atoms with Crippen molar-refractivity contribution in [3.8, 4) is 0 Å². The van der Waals surface area contributed by atoms with Gasteiger partial charge in [0.2, 0.25) is 0 Å². The third-order valence-corrected chi connectivity index (χ3v) is 4.54. The number of rotatable bonds is 3. The molecule has 1 rings (SSSR count). The number of carbonyl (C=O) groups excluding carboxylic acids is 1. The lowest BCUT2D eigenvalue weighted by Gasteiger charge is -1.95. The van der Waals surface area contributed by atoms with Gasteiger partial charge in [-0.05, 0) is 19.1 Å². The second kappa shape index (κ2) is 4.99. The largest absolute Gasteiger partial charge is 0.477 e. The van der Waals surface area contributed by atoms with E-state index < -0.39 is 26.7 Å². The summed E-state index contributed by atoms with van der Waals surface area (Å²) < 4.78 is 0.980. The van der Waals surface area contributed by atoms with Crippen molar-refractivity contribution in [3.05, 3.63) is 33.9 Å². The lowest BCUT2D eigenvalue weighted by atomic mass is 10.3. The molecule has 0 saturated heterocycles. The Labute approximate surface area is 91.5 Å². The van der Waals surface area contributed by atoms with E-state index >= 15 is 0 Å². The van der Waals surface area contributed by atoms with Crippen molar-refractivity contribution >= 4 is 36.0 Å². The van der Waals surface area contributed by atoms with Crippen molar-refractivity contribution in [2.24, 2.45) is 0 Å². The molecule has 1 aromatic rings. The average molecular weight is 304 g/mol. The van der Waals surface area contributed by atoms with Crippen LogP contribution in [0.25, 0.3) is 0 Å². The van der Waals surface area contributed by atoms with Crippen LogP contribution >= 0.6 is 20.7 Å². The molecule has 0 bridgehead atoms. The molecule has 14 heavy (non-hydrogen) atoms. The van der Waals surface area contributed by atoms with Crippen LogP contribution in [-0.4, -0.2) is 20.4 Å². The van der Waals surface area contributed by atoms with E-state index in [2.05, 4.69) is 0 Å². The van der Waals surface area contributed by atoms with Gasteiger partial charge in [0, 0.05) is 3.57 Å². The number of benzene rings is 1. The zero-order valence-corrected chi connectivity index (χ0v) is 9.69. The van der Waals surface area contributed by atoms with Crippen LogP contribution < -0.4 is 0 Å². The summed E-state index contributed by atoms with van der Waals surface area (Å²) in [6.07, 6.45) is 0. The average Bonchev–Trinajstić information content (AvgIpc) is 2.15. The van der Waals surface area contributed by atoms with Gasteiger partial charge in [-0.1, -0.05) is 38.9 Å². The summed E-state index contributed by atoms with van der Waals surface area (Å²) in [5.74, 6) is -1.43. The highest BCUT2D eigenvalue weighted by molar-refractivity contribution is 14.2. The fraction of sp³-hybridized carbons (Fsp3) is 0.100. The molecule has 1 aromatic carbocycles. The van der Waals surface area contributed by atoms with Crippen LogP contribution in [0, 0.1) is 3.57 Å². The Morgan fingerprint density at radius 1 is 1.21 bits per heavy atom. The van der Waals surface area contributed by atoms with Gasteiger partial charge in [0.25, 0.3) is 0 Å². The number of carboxylic acid groups (broad SMARTS) is 1. The molecule has 1 N–H and O–H groups in total. The minimum Gasteiger partial charge on any atom is -0.477 e. The molecule has 0 aliphatic heterocycles. The summed E-state index contributed by atoms with van der Waals surface area (Å²) in [4.78, 5) is 21.7. The summed E-state index contributed by atoms with van der Waals surface area (Å²) in [5, 5.41) is 8.77. The van der Waals surface area contributed by atoms with Gasteiger partial charge in [-0.25, -0.2) is 4.79 Å². The van der Waals surface area contributed by atoms with Crippen molar-refractivity contribution < 1.29 is 14.7 Å². The Morgan fingerprint density at radius 2 is 1.79 bits per heavy atom. The van der Waals surface area contributed by atoms with Crippen LogP contribution in [-0.2, 0) is 9.59 Å². The number of halogens is 1. The molecule has 74 valence electrons. The highest BCUT2D eigenvalue weighted by atomic mass is 127. The predicted molar refractivity (Wildman–Crippen MR) is 62.5 cm³/mol. The smallest absolute Gasteiger partial charge is 0.345 e. The number of Topliss-reactive ketones (excluding diaryl/α,β-unsaturated/α-hetero) is 1. The van der Waals surface area contributed by atoms with Crippen molar-refractivity contribution in [2.75, 3.05) is 0 Å². The molecule has 0 unspecified atom stereocenters. The summed E-state index contributed by atoms with van der Waals surface area (Å²) in [6.45, 7) is 1.30. The number of carboxylic acids is 1. The molecular formula is C10H9IO3. The van der Waals surface area contributed by atoms with E-state index in [1.54, 1.807) is 0 Å². The summed E-state index contributed by atoms with van der Waals surface area (Å²) in [5.41, 5.74) is 0. The zero-order valence-electron chi connectivity index (χ0n) is 7.53. The predicted octanol–water partition coefficient (Wildman–Crippen LogP) is 1.67. The molecule has 0 aliphatic carbocycles. The van der Waals surface area contributed by atoms with E-state index in [-0.39, 0.29) is 9.29 Å². The molecule has 3 nitrogen and oxygen atoms in total. The summed E-state index contributed by atoms with van der Waals surface area (Å²) in [6, 6.07) is 9.24. The molecule has 0 saturated carbocycles. The van der Waals surface area contributed by atoms with Gasteiger partial charge in [0.1, 0.15) is 3.51 Å². The van der Waals surface area contributed by atoms with E-state index in [1.165, 1.54) is 6.92 Å². The maximum Gasteiger partial charge on any atom is 0.345 e. The van der Waals surface area contributed by atoms with E-state index in [0.29, 0.717) is 0 Å². The van der Waals surface area contributed by atoms with E-state index in [4.69, 9.17) is 5.11 Å². The first-order chi connectivity index (χ1) is 6.61. The van der Waals surface area contributed by atoms with Crippen LogP contribution in [0.5, 0.6) is 0 Å². The standard InChI is InChI=1S/C10H9IO3/c1-7(12)9(10(13)14)11-8-5-3-2-4-6-8/h2-6H,1H3,(H,13,14). The Hall–Kier alpha value is -1.04. The Morgan fingerprint density at radius 3 is 2.21 bits per heavy atom. The van der Waals surface area contributed by atoms with Crippen LogP contribution in [0.2, 0.25) is 0 Å². The van der Waals surface area contributed by atoms with Crippen LogP contribution in [0.3, 0.4) is 0 Å². The van der Waals surface area contributed by atoms with Crippen LogP contribution in [0.1, 0.15) is 6.92 Å². The fourth-order valence-electron chi connectivity index (χ4n) is 0.844. The van der Waals surface area contributed by atoms with Gasteiger partial charge in [-0.2, -0.15) is 0 Å². The lowest BCUT2D eigenvalue weighted by molar-refractivity contribution is -0.129. The first kappa shape index (κ1) is 11.0. The highest BCUT2D eigenvalue weighted by Crippen LogP contribution is 2.13. The van der Waals surface area contributed by atoms with Gasteiger partial charge >= 0.3 is 5.97 Å². The molecule has 0 fully saturated rings. The van der Waals surface area contributed by atoms with Crippen LogP contribution in [0.4, 0.5) is 0 Å². The van der Waals surface area contributed by atoms with Gasteiger partial charge < -0.3 is 5.11 Å². The first-order valence-electron chi connectivity index (χ1n) is 3.92. The quantitative estimate of drug-likeness (QED) is 0.683. The third kappa shape index (κ3) is 3.02. The third-order valence-electron chi connectivity index (χ3n) is 1.43. The normalized spacial score (nSPS) is 11.6. The van der Waals surface area contributed by atoms with Crippen molar-refractivity contribution in [1.29, 1.82) is 0 Å². The summed E-state index contributed by atoms with van der Waals surface area (Å²) in [7, 11) is 0. The van der Waals surface area contributed by atoms with Gasteiger partial charge in [-0.3, -0.25) is 4.79 Å². The van der Waals surface area contributed by atoms with Crippen molar-refractivity contribution in [1.82, 2.24) is 0 Å². The van der Waals surface area contributed by atoms with E-state index in [0.717, 1.165) is 3.57 Å². The number of hydrogen-bond acceptors (Lipinski definition) is 2. The molecule has 4 heteroatoms. The highest BCUT2D eigenvalue weighted by Gasteiger charge is 2.13. The zero-order chi connectivity index (χ0) is 10.6. The lowest BCUT2D eigenvalue weighted by Crippen LogP contribution is -2.18.